The summed E-state index contributed by atoms with van der Waals surface area (Å²) >= 11 is 1.40. The van der Waals surface area contributed by atoms with Gasteiger partial charge in [0.1, 0.15) is 6.33 Å². The molecule has 21 heavy (non-hydrogen) atoms. The number of aryl methyl sites for hydroxylation is 1. The quantitative estimate of drug-likeness (QED) is 0.658. The van der Waals surface area contributed by atoms with Crippen LogP contribution in [0.3, 0.4) is 0 Å². The van der Waals surface area contributed by atoms with Crippen molar-refractivity contribution in [3.8, 4) is 0 Å². The first-order valence-electron chi connectivity index (χ1n) is 6.62. The highest BCUT2D eigenvalue weighted by molar-refractivity contribution is 7.99. The molecule has 0 aliphatic heterocycles. The van der Waals surface area contributed by atoms with E-state index in [1.165, 1.54) is 11.8 Å². The number of aliphatic hydroxyl groups excluding tert-OH is 3. The number of aliphatic hydroxyl groups is 3. The van der Waals surface area contributed by atoms with Crippen molar-refractivity contribution in [3.63, 3.8) is 0 Å². The van der Waals surface area contributed by atoms with Gasteiger partial charge >= 0.3 is 0 Å². The molecule has 2 rings (SSSR count). The van der Waals surface area contributed by atoms with E-state index >= 15 is 0 Å². The first kappa shape index (κ1) is 16.0. The minimum absolute atomic E-state index is 0.0205. The van der Waals surface area contributed by atoms with Gasteiger partial charge in [0, 0.05) is 19.2 Å². The minimum Gasteiger partial charge on any atom is -0.392 e. The lowest BCUT2D eigenvalue weighted by molar-refractivity contribution is 0.0930. The Bertz CT molecular complexity index is 559. The van der Waals surface area contributed by atoms with Crippen LogP contribution in [-0.4, -0.2) is 41.9 Å². The normalized spacial score (nSPS) is 14.1. The van der Waals surface area contributed by atoms with Crippen LogP contribution in [0.15, 0.2) is 35.7 Å². The number of thioether (sulfide) groups is 1. The van der Waals surface area contributed by atoms with E-state index in [1.807, 2.05) is 7.05 Å². The average molecular weight is 309 g/mol. The zero-order valence-corrected chi connectivity index (χ0v) is 12.6. The van der Waals surface area contributed by atoms with Crippen LogP contribution in [0, 0.1) is 0 Å². The summed E-state index contributed by atoms with van der Waals surface area (Å²) in [5.41, 5.74) is 1.53. The molecule has 1 aromatic heterocycles. The van der Waals surface area contributed by atoms with Gasteiger partial charge < -0.3 is 19.9 Å². The summed E-state index contributed by atoms with van der Waals surface area (Å²) in [4.78, 5) is 0. The molecule has 6 nitrogen and oxygen atoms in total. The van der Waals surface area contributed by atoms with Crippen LogP contribution in [-0.2, 0) is 13.7 Å². The maximum atomic E-state index is 10.1. The van der Waals surface area contributed by atoms with Crippen LogP contribution in [0.25, 0.3) is 0 Å². The van der Waals surface area contributed by atoms with Gasteiger partial charge in [-0.25, -0.2) is 0 Å². The Morgan fingerprint density at radius 2 is 1.95 bits per heavy atom. The number of benzene rings is 1. The van der Waals surface area contributed by atoms with E-state index in [1.54, 1.807) is 35.2 Å². The third kappa shape index (κ3) is 4.53. The molecular formula is C14H19N3O3S. The van der Waals surface area contributed by atoms with Crippen LogP contribution in [0.1, 0.15) is 23.7 Å². The molecule has 114 valence electrons. The highest BCUT2D eigenvalue weighted by Gasteiger charge is 2.15. The molecule has 3 N–H and O–H groups in total. The molecule has 0 spiro atoms. The molecule has 0 saturated carbocycles. The Morgan fingerprint density at radius 1 is 1.24 bits per heavy atom. The molecule has 2 atom stereocenters. The Balaban J connectivity index is 1.83. The van der Waals surface area contributed by atoms with Crippen molar-refractivity contribution in [1.29, 1.82) is 0 Å². The maximum Gasteiger partial charge on any atom is 0.190 e. The molecule has 0 saturated heterocycles. The second-order valence-electron chi connectivity index (χ2n) is 4.84. The zero-order valence-electron chi connectivity index (χ0n) is 11.8. The SMILES string of the molecule is Cn1cnnc1SCC(O)CC(O)c1ccc(CO)cc1. The Kier molecular flexibility index (Phi) is 5.75. The highest BCUT2D eigenvalue weighted by Crippen LogP contribution is 2.22. The minimum atomic E-state index is -0.729. The van der Waals surface area contributed by atoms with E-state index in [0.29, 0.717) is 5.75 Å². The predicted octanol–water partition coefficient (Wildman–Crippen LogP) is 0.884. The Morgan fingerprint density at radius 3 is 2.52 bits per heavy atom. The average Bonchev–Trinajstić information content (AvgIpc) is 2.90. The van der Waals surface area contributed by atoms with Crippen molar-refractivity contribution in [2.24, 2.45) is 7.05 Å². The fourth-order valence-electron chi connectivity index (χ4n) is 1.88. The molecule has 7 heteroatoms. The summed E-state index contributed by atoms with van der Waals surface area (Å²) in [6, 6.07) is 7.05. The van der Waals surface area contributed by atoms with E-state index in [2.05, 4.69) is 10.2 Å². The molecule has 1 aromatic carbocycles. The van der Waals surface area contributed by atoms with Gasteiger partial charge in [-0.15, -0.1) is 10.2 Å². The van der Waals surface area contributed by atoms with Gasteiger partial charge in [0.25, 0.3) is 0 Å². The topological polar surface area (TPSA) is 91.4 Å². The summed E-state index contributed by atoms with van der Waals surface area (Å²) in [7, 11) is 1.84. The maximum absolute atomic E-state index is 10.1. The number of hydrogen-bond acceptors (Lipinski definition) is 6. The third-order valence-electron chi connectivity index (χ3n) is 3.12. The van der Waals surface area contributed by atoms with E-state index in [0.717, 1.165) is 16.3 Å². The van der Waals surface area contributed by atoms with Crippen LogP contribution < -0.4 is 0 Å². The molecule has 2 unspecified atom stereocenters. The molecule has 0 aliphatic rings. The number of rotatable bonds is 7. The molecule has 1 heterocycles. The fourth-order valence-corrected chi connectivity index (χ4v) is 2.71. The molecule has 0 amide bonds. The van der Waals surface area contributed by atoms with Crippen molar-refractivity contribution in [2.45, 2.75) is 30.4 Å². The van der Waals surface area contributed by atoms with Gasteiger partial charge in [-0.2, -0.15) is 0 Å². The molecule has 2 aromatic rings. The Hall–Kier alpha value is -1.41. The van der Waals surface area contributed by atoms with Gasteiger partial charge in [-0.1, -0.05) is 36.0 Å². The van der Waals surface area contributed by atoms with Crippen LogP contribution >= 0.6 is 11.8 Å². The smallest absolute Gasteiger partial charge is 0.190 e. The molecule has 0 fully saturated rings. The van der Waals surface area contributed by atoms with E-state index in [9.17, 15) is 10.2 Å². The van der Waals surface area contributed by atoms with Crippen molar-refractivity contribution < 1.29 is 15.3 Å². The second-order valence-corrected chi connectivity index (χ2v) is 5.83. The monoisotopic (exact) mass is 309 g/mol. The van der Waals surface area contributed by atoms with Crippen molar-refractivity contribution in [3.05, 3.63) is 41.7 Å². The van der Waals surface area contributed by atoms with Gasteiger partial charge in [0.2, 0.25) is 0 Å². The summed E-state index contributed by atoms with van der Waals surface area (Å²) < 4.78 is 1.78. The zero-order chi connectivity index (χ0) is 15.2. The van der Waals surface area contributed by atoms with Gasteiger partial charge in [0.05, 0.1) is 18.8 Å². The van der Waals surface area contributed by atoms with Crippen molar-refractivity contribution >= 4 is 11.8 Å². The number of nitrogens with zero attached hydrogens (tertiary/aromatic N) is 3. The highest BCUT2D eigenvalue weighted by atomic mass is 32.2. The van der Waals surface area contributed by atoms with Gasteiger partial charge in [-0.05, 0) is 11.1 Å². The van der Waals surface area contributed by atoms with Crippen molar-refractivity contribution in [1.82, 2.24) is 14.8 Å². The molecular weight excluding hydrogens is 290 g/mol. The van der Waals surface area contributed by atoms with Crippen LogP contribution in [0.2, 0.25) is 0 Å². The lowest BCUT2D eigenvalue weighted by Gasteiger charge is -2.15. The number of hydrogen-bond donors (Lipinski definition) is 3. The molecule has 0 aliphatic carbocycles. The molecule has 0 bridgehead atoms. The van der Waals surface area contributed by atoms with Gasteiger partial charge in [0.15, 0.2) is 5.16 Å². The van der Waals surface area contributed by atoms with Crippen LogP contribution in [0.5, 0.6) is 0 Å². The first-order chi connectivity index (χ1) is 10.1. The van der Waals surface area contributed by atoms with E-state index in [-0.39, 0.29) is 13.0 Å². The lowest BCUT2D eigenvalue weighted by Crippen LogP contribution is -2.15. The van der Waals surface area contributed by atoms with E-state index < -0.39 is 12.2 Å². The van der Waals surface area contributed by atoms with E-state index in [4.69, 9.17) is 5.11 Å². The fraction of sp³-hybridized carbons (Fsp3) is 0.429. The van der Waals surface area contributed by atoms with Crippen molar-refractivity contribution in [2.75, 3.05) is 5.75 Å². The third-order valence-corrected chi connectivity index (χ3v) is 4.30. The standard InChI is InChI=1S/C14H19N3O3S/c1-17-9-15-16-14(17)21-8-12(19)6-13(20)11-4-2-10(7-18)3-5-11/h2-5,9,12-13,18-20H,6-8H2,1H3. The lowest BCUT2D eigenvalue weighted by atomic mass is 10.0. The summed E-state index contributed by atoms with van der Waals surface area (Å²) in [5.74, 6) is 0.443. The summed E-state index contributed by atoms with van der Waals surface area (Å²) in [5, 5.41) is 37.5. The summed E-state index contributed by atoms with van der Waals surface area (Å²) in [6.07, 6.45) is 0.488. The Labute approximate surface area is 127 Å². The largest absolute Gasteiger partial charge is 0.392 e. The number of aromatic nitrogens is 3. The first-order valence-corrected chi connectivity index (χ1v) is 7.61. The second kappa shape index (κ2) is 7.56. The molecule has 0 radical (unpaired) electrons. The van der Waals surface area contributed by atoms with Gasteiger partial charge in [-0.3, -0.25) is 0 Å². The summed E-state index contributed by atoms with van der Waals surface area (Å²) in [6.45, 7) is -0.0205. The van der Waals surface area contributed by atoms with Crippen LogP contribution in [0.4, 0.5) is 0 Å². The predicted molar refractivity (Wildman–Crippen MR) is 79.7 cm³/mol.